The number of aliphatic hydroxyl groups excluding tert-OH is 1. The van der Waals surface area contributed by atoms with E-state index in [9.17, 15) is 31.3 Å². The molecule has 1 heterocycles. The first-order valence-electron chi connectivity index (χ1n) is 9.43. The molecule has 2 N–H and O–H groups in total. The largest absolute Gasteiger partial charge is 0.494 e. The second-order valence-corrected chi connectivity index (χ2v) is 8.60. The van der Waals surface area contributed by atoms with Crippen LogP contribution in [0.3, 0.4) is 0 Å². The molecule has 1 fully saturated rings. The third kappa shape index (κ3) is 6.27. The van der Waals surface area contributed by atoms with E-state index in [2.05, 4.69) is 4.74 Å². The van der Waals surface area contributed by atoms with Crippen LogP contribution in [-0.2, 0) is 17.2 Å². The summed E-state index contributed by atoms with van der Waals surface area (Å²) in [6.45, 7) is -0.379. The molecule has 7 nitrogen and oxygen atoms in total. The Hall–Kier alpha value is -3.10. The maximum absolute atomic E-state index is 12.8. The minimum Gasteiger partial charge on any atom is -0.494 e. The molecule has 0 radical (unpaired) electrons. The Balaban J connectivity index is 0.000000287. The van der Waals surface area contributed by atoms with Crippen molar-refractivity contribution in [2.24, 2.45) is 0 Å². The van der Waals surface area contributed by atoms with Crippen molar-refractivity contribution in [3.63, 3.8) is 0 Å². The summed E-state index contributed by atoms with van der Waals surface area (Å²) in [5.41, 5.74) is -3.02. The fourth-order valence-electron chi connectivity index (χ4n) is 2.95. The van der Waals surface area contributed by atoms with E-state index in [0.717, 1.165) is 24.3 Å². The van der Waals surface area contributed by atoms with E-state index in [-0.39, 0.29) is 41.3 Å². The van der Waals surface area contributed by atoms with E-state index in [1.165, 1.54) is 17.5 Å². The Labute approximate surface area is 193 Å². The highest BCUT2D eigenvalue weighted by molar-refractivity contribution is 7.82. The summed E-state index contributed by atoms with van der Waals surface area (Å²) in [6, 6.07) is 7.20. The van der Waals surface area contributed by atoms with E-state index < -0.39 is 46.6 Å². The molecule has 2 atom stereocenters. The molecule has 0 saturated carbocycles. The predicted molar refractivity (Wildman–Crippen MR) is 108 cm³/mol. The zero-order chi connectivity index (χ0) is 25.7. The van der Waals surface area contributed by atoms with Gasteiger partial charge < -0.3 is 14.9 Å². The molecule has 13 heteroatoms. The van der Waals surface area contributed by atoms with Crippen molar-refractivity contribution >= 4 is 11.0 Å². The van der Waals surface area contributed by atoms with Crippen LogP contribution in [0.5, 0.6) is 5.75 Å². The summed E-state index contributed by atoms with van der Waals surface area (Å²) in [4.78, 5) is -0.0438. The molecular weight excluding hydrogens is 485 g/mol. The third-order valence-corrected chi connectivity index (χ3v) is 6.32. The number of nitriles is 2. The Bertz CT molecular complexity index is 1160. The van der Waals surface area contributed by atoms with Gasteiger partial charge in [-0.3, -0.25) is 0 Å². The molecule has 34 heavy (non-hydrogen) atoms. The van der Waals surface area contributed by atoms with Gasteiger partial charge in [0.1, 0.15) is 34.5 Å². The minimum atomic E-state index is -4.59. The molecule has 0 amide bonds. The van der Waals surface area contributed by atoms with E-state index >= 15 is 0 Å². The average Bonchev–Trinajstić information content (AvgIpc) is 3.21. The van der Waals surface area contributed by atoms with Gasteiger partial charge in [0, 0.05) is 19.2 Å². The Morgan fingerprint density at radius 3 is 2.29 bits per heavy atom. The van der Waals surface area contributed by atoms with Gasteiger partial charge in [-0.2, -0.15) is 23.7 Å². The van der Waals surface area contributed by atoms with Crippen LogP contribution in [0.1, 0.15) is 23.1 Å². The Kier molecular flexibility index (Phi) is 8.69. The third-order valence-electron chi connectivity index (χ3n) is 4.80. The average molecular weight is 503 g/mol. The van der Waals surface area contributed by atoms with Crippen LogP contribution >= 0.6 is 0 Å². The number of ether oxygens (including phenoxy) is 1. The molecule has 1 aliphatic heterocycles. The van der Waals surface area contributed by atoms with Crippen LogP contribution in [0.25, 0.3) is 0 Å². The van der Waals surface area contributed by atoms with Gasteiger partial charge in [0.05, 0.1) is 35.3 Å². The standard InChI is InChI=1S/C13H13F3N2O3S.C8H5F2NO/c14-13(15,16)10-1-2-11(9(5-10)6-17)22(21)18-4-3-12(20,7-18)8-19;1-12-8-3-6(9)5(4-11)2-7(8)10/h1-2,5,19-20H,3-4,7-8H2;2-3H,1H3. The van der Waals surface area contributed by atoms with Gasteiger partial charge >= 0.3 is 6.18 Å². The number of hydrogen-bond acceptors (Lipinski definition) is 6. The molecule has 1 saturated heterocycles. The lowest BCUT2D eigenvalue weighted by Crippen LogP contribution is -2.37. The molecule has 0 aliphatic carbocycles. The highest BCUT2D eigenvalue weighted by atomic mass is 32.2. The minimum absolute atomic E-state index is 0.0438. The lowest BCUT2D eigenvalue weighted by molar-refractivity contribution is -0.137. The van der Waals surface area contributed by atoms with Crippen LogP contribution in [0.4, 0.5) is 22.0 Å². The smallest absolute Gasteiger partial charge is 0.416 e. The molecule has 0 spiro atoms. The van der Waals surface area contributed by atoms with Crippen LogP contribution in [0.2, 0.25) is 0 Å². The lowest BCUT2D eigenvalue weighted by atomic mass is 10.1. The van der Waals surface area contributed by atoms with Gasteiger partial charge in [0.15, 0.2) is 11.6 Å². The molecule has 0 bridgehead atoms. The summed E-state index contributed by atoms with van der Waals surface area (Å²) in [7, 11) is -0.655. The zero-order valence-electron chi connectivity index (χ0n) is 17.6. The summed E-state index contributed by atoms with van der Waals surface area (Å²) in [5, 5.41) is 36.3. The summed E-state index contributed by atoms with van der Waals surface area (Å²) in [5.74, 6) is -1.72. The van der Waals surface area contributed by atoms with Crippen LogP contribution in [0.15, 0.2) is 35.2 Å². The summed E-state index contributed by atoms with van der Waals surface area (Å²) >= 11 is 0. The van der Waals surface area contributed by atoms with Crippen molar-refractivity contribution < 1.29 is 41.1 Å². The maximum atomic E-state index is 12.8. The van der Waals surface area contributed by atoms with Crippen molar-refractivity contribution in [1.82, 2.24) is 4.31 Å². The monoisotopic (exact) mass is 503 g/mol. The fraction of sp³-hybridized carbons (Fsp3) is 0.333. The summed E-state index contributed by atoms with van der Waals surface area (Å²) < 4.78 is 81.6. The molecular formula is C21H18F5N3O4S. The lowest BCUT2D eigenvalue weighted by Gasteiger charge is -2.20. The Morgan fingerprint density at radius 2 is 1.79 bits per heavy atom. The van der Waals surface area contributed by atoms with Gasteiger partial charge in [-0.15, -0.1) is 0 Å². The highest BCUT2D eigenvalue weighted by Gasteiger charge is 2.39. The van der Waals surface area contributed by atoms with Gasteiger partial charge in [-0.05, 0) is 30.7 Å². The molecule has 2 unspecified atom stereocenters. The van der Waals surface area contributed by atoms with E-state index in [1.54, 1.807) is 6.07 Å². The highest BCUT2D eigenvalue weighted by Crippen LogP contribution is 2.32. The fourth-order valence-corrected chi connectivity index (χ4v) is 4.32. The second kappa shape index (κ2) is 10.9. The zero-order valence-corrected chi connectivity index (χ0v) is 18.4. The first kappa shape index (κ1) is 27.1. The predicted octanol–water partition coefficient (Wildman–Crippen LogP) is 2.87. The number of aliphatic hydroxyl groups is 2. The normalized spacial score (nSPS) is 18.9. The SMILES string of the molecule is COc1cc(F)c(C#N)cc1F.N#Cc1cc(C(F)(F)F)ccc1S(=O)N1CCC(O)(CO)C1. The van der Waals surface area contributed by atoms with Crippen molar-refractivity contribution in [2.75, 3.05) is 26.8 Å². The number of β-amino-alcohol motifs (C(OH)–C–C–N with tert-alkyl or cyclic N) is 1. The van der Waals surface area contributed by atoms with Crippen LogP contribution in [-0.4, -0.2) is 51.1 Å². The van der Waals surface area contributed by atoms with Crippen molar-refractivity contribution in [2.45, 2.75) is 23.1 Å². The molecule has 0 aromatic heterocycles. The molecule has 2 aromatic rings. The number of nitrogens with zero attached hydrogens (tertiary/aromatic N) is 3. The number of benzene rings is 2. The first-order chi connectivity index (χ1) is 15.9. The molecule has 3 rings (SSSR count). The van der Waals surface area contributed by atoms with Gasteiger partial charge in [-0.1, -0.05) is 0 Å². The van der Waals surface area contributed by atoms with Crippen molar-refractivity contribution in [3.05, 3.63) is 58.7 Å². The number of halogens is 5. The maximum Gasteiger partial charge on any atom is 0.416 e. The van der Waals surface area contributed by atoms with Crippen LogP contribution in [0, 0.1) is 34.3 Å². The van der Waals surface area contributed by atoms with E-state index in [0.29, 0.717) is 6.07 Å². The quantitative estimate of drug-likeness (QED) is 0.620. The van der Waals surface area contributed by atoms with E-state index in [4.69, 9.17) is 15.6 Å². The van der Waals surface area contributed by atoms with E-state index in [1.807, 2.05) is 0 Å². The van der Waals surface area contributed by atoms with Gasteiger partial charge in [-0.25, -0.2) is 17.3 Å². The van der Waals surface area contributed by atoms with Gasteiger partial charge in [0.2, 0.25) is 0 Å². The number of alkyl halides is 3. The van der Waals surface area contributed by atoms with Crippen molar-refractivity contribution in [3.8, 4) is 17.9 Å². The number of rotatable bonds is 4. The number of methoxy groups -OCH3 is 1. The second-order valence-electron chi connectivity index (χ2n) is 7.14. The molecule has 1 aliphatic rings. The Morgan fingerprint density at radius 1 is 1.15 bits per heavy atom. The van der Waals surface area contributed by atoms with Gasteiger partial charge in [0.25, 0.3) is 0 Å². The molecule has 2 aromatic carbocycles. The van der Waals surface area contributed by atoms with Crippen LogP contribution < -0.4 is 4.74 Å². The molecule has 182 valence electrons. The van der Waals surface area contributed by atoms with Crippen molar-refractivity contribution in [1.29, 1.82) is 10.5 Å². The summed E-state index contributed by atoms with van der Waals surface area (Å²) in [6.07, 6.45) is -4.39. The first-order valence-corrected chi connectivity index (χ1v) is 10.5. The number of hydrogen-bond donors (Lipinski definition) is 2. The topological polar surface area (TPSA) is 118 Å².